The zero-order chi connectivity index (χ0) is 12.9. The molecule has 0 heterocycles. The van der Waals surface area contributed by atoms with Crippen molar-refractivity contribution < 1.29 is 18.0 Å². The molecule has 0 aromatic rings. The number of halogens is 3. The minimum atomic E-state index is -4.43. The molecule has 0 saturated carbocycles. The summed E-state index contributed by atoms with van der Waals surface area (Å²) in [5.74, 6) is -0.122. The molecule has 5 nitrogen and oxygen atoms in total. The standard InChI is InChI=1S/C8H15F3N4O/c1-5(3-6(12)13)15(2)7(16)14-4-8(9,10)11/h5H,3-4H2,1-2H3,(H3,12,13)(H,14,16). The number of alkyl halides is 3. The molecule has 16 heavy (non-hydrogen) atoms. The topological polar surface area (TPSA) is 82.2 Å². The molecule has 0 radical (unpaired) electrons. The van der Waals surface area contributed by atoms with Crippen molar-refractivity contribution in [3.05, 3.63) is 0 Å². The summed E-state index contributed by atoms with van der Waals surface area (Å²) in [6, 6.07) is -1.27. The molecule has 0 saturated heterocycles. The smallest absolute Gasteiger partial charge is 0.388 e. The van der Waals surface area contributed by atoms with Crippen LogP contribution in [0.1, 0.15) is 13.3 Å². The fourth-order valence-electron chi connectivity index (χ4n) is 0.956. The molecule has 0 spiro atoms. The predicted molar refractivity (Wildman–Crippen MR) is 53.2 cm³/mol. The summed E-state index contributed by atoms with van der Waals surface area (Å²) in [6.07, 6.45) is -4.31. The number of hydrogen-bond donors (Lipinski definition) is 3. The first-order valence-corrected chi connectivity index (χ1v) is 4.54. The average molecular weight is 240 g/mol. The van der Waals surface area contributed by atoms with Crippen molar-refractivity contribution in [3.8, 4) is 0 Å². The van der Waals surface area contributed by atoms with E-state index >= 15 is 0 Å². The molecule has 0 aliphatic heterocycles. The molecule has 0 aromatic carbocycles. The molecule has 0 bridgehead atoms. The molecule has 94 valence electrons. The third-order valence-corrected chi connectivity index (χ3v) is 1.94. The van der Waals surface area contributed by atoms with Crippen LogP contribution in [0, 0.1) is 5.41 Å². The lowest BCUT2D eigenvalue weighted by molar-refractivity contribution is -0.123. The maximum absolute atomic E-state index is 11.8. The van der Waals surface area contributed by atoms with E-state index in [1.165, 1.54) is 7.05 Å². The van der Waals surface area contributed by atoms with Crippen LogP contribution >= 0.6 is 0 Å². The SMILES string of the molecule is CC(CC(=N)N)N(C)C(=O)NCC(F)(F)F. The van der Waals surface area contributed by atoms with Crippen molar-refractivity contribution in [2.45, 2.75) is 25.6 Å². The van der Waals surface area contributed by atoms with Crippen molar-refractivity contribution >= 4 is 11.9 Å². The van der Waals surface area contributed by atoms with Crippen LogP contribution in [-0.2, 0) is 0 Å². The van der Waals surface area contributed by atoms with E-state index in [9.17, 15) is 18.0 Å². The third-order valence-electron chi connectivity index (χ3n) is 1.94. The Hall–Kier alpha value is -1.47. The lowest BCUT2D eigenvalue weighted by Gasteiger charge is -2.25. The van der Waals surface area contributed by atoms with E-state index in [0.717, 1.165) is 4.90 Å². The van der Waals surface area contributed by atoms with Crippen LogP contribution in [0.5, 0.6) is 0 Å². The lowest BCUT2D eigenvalue weighted by atomic mass is 10.2. The number of amides is 2. The summed E-state index contributed by atoms with van der Waals surface area (Å²) in [6.45, 7) is 0.220. The Balaban J connectivity index is 4.13. The zero-order valence-corrected chi connectivity index (χ0v) is 9.06. The van der Waals surface area contributed by atoms with Crippen LogP contribution in [0.15, 0.2) is 0 Å². The summed E-state index contributed by atoms with van der Waals surface area (Å²) < 4.78 is 35.4. The van der Waals surface area contributed by atoms with Crippen molar-refractivity contribution in [2.75, 3.05) is 13.6 Å². The van der Waals surface area contributed by atoms with Crippen LogP contribution in [0.2, 0.25) is 0 Å². The molecule has 0 rings (SSSR count). The van der Waals surface area contributed by atoms with E-state index in [2.05, 4.69) is 0 Å². The van der Waals surface area contributed by atoms with E-state index in [4.69, 9.17) is 11.1 Å². The highest BCUT2D eigenvalue weighted by molar-refractivity contribution is 5.79. The Labute approximate surface area is 91.3 Å². The highest BCUT2D eigenvalue weighted by Gasteiger charge is 2.29. The van der Waals surface area contributed by atoms with Gasteiger partial charge in [-0.1, -0.05) is 0 Å². The highest BCUT2D eigenvalue weighted by Crippen LogP contribution is 2.12. The van der Waals surface area contributed by atoms with Crippen molar-refractivity contribution in [3.63, 3.8) is 0 Å². The largest absolute Gasteiger partial charge is 0.405 e. The minimum absolute atomic E-state index is 0.121. The molecular formula is C8H15F3N4O. The number of carbonyl (C=O) groups is 1. The van der Waals surface area contributed by atoms with E-state index in [-0.39, 0.29) is 12.3 Å². The lowest BCUT2D eigenvalue weighted by Crippen LogP contribution is -2.46. The molecule has 1 unspecified atom stereocenters. The number of carbonyl (C=O) groups excluding carboxylic acids is 1. The number of rotatable bonds is 4. The fourth-order valence-corrected chi connectivity index (χ4v) is 0.956. The summed E-state index contributed by atoms with van der Waals surface area (Å²) in [4.78, 5) is 12.3. The molecule has 0 aliphatic rings. The van der Waals surface area contributed by atoms with Gasteiger partial charge in [0.25, 0.3) is 0 Å². The van der Waals surface area contributed by atoms with Gasteiger partial charge in [-0.25, -0.2) is 4.79 Å². The van der Waals surface area contributed by atoms with Gasteiger partial charge in [0.1, 0.15) is 6.54 Å². The Morgan fingerprint density at radius 2 is 2.06 bits per heavy atom. The van der Waals surface area contributed by atoms with Crippen LogP contribution in [0.25, 0.3) is 0 Å². The van der Waals surface area contributed by atoms with Gasteiger partial charge in [-0.2, -0.15) is 13.2 Å². The van der Waals surface area contributed by atoms with Gasteiger partial charge in [0.15, 0.2) is 0 Å². The minimum Gasteiger partial charge on any atom is -0.388 e. The van der Waals surface area contributed by atoms with Crippen LogP contribution < -0.4 is 11.1 Å². The maximum Gasteiger partial charge on any atom is 0.405 e. The van der Waals surface area contributed by atoms with Crippen LogP contribution in [0.3, 0.4) is 0 Å². The zero-order valence-electron chi connectivity index (χ0n) is 9.06. The van der Waals surface area contributed by atoms with Crippen LogP contribution in [-0.4, -0.2) is 42.6 Å². The maximum atomic E-state index is 11.8. The average Bonchev–Trinajstić information content (AvgIpc) is 2.10. The molecule has 4 N–H and O–H groups in total. The first-order valence-electron chi connectivity index (χ1n) is 4.54. The Kier molecular flexibility index (Phi) is 5.06. The fraction of sp³-hybridized carbons (Fsp3) is 0.750. The van der Waals surface area contributed by atoms with Crippen molar-refractivity contribution in [1.29, 1.82) is 5.41 Å². The molecule has 0 aliphatic carbocycles. The molecule has 0 fully saturated rings. The number of nitrogens with two attached hydrogens (primary N) is 1. The van der Waals surface area contributed by atoms with Gasteiger partial charge in [-0.05, 0) is 6.92 Å². The van der Waals surface area contributed by atoms with E-state index in [1.807, 2.05) is 0 Å². The number of hydrogen-bond acceptors (Lipinski definition) is 2. The second-order valence-electron chi connectivity index (χ2n) is 3.46. The van der Waals surface area contributed by atoms with Gasteiger partial charge in [-0.3, -0.25) is 5.41 Å². The predicted octanol–water partition coefficient (Wildman–Crippen LogP) is 0.905. The monoisotopic (exact) mass is 240 g/mol. The van der Waals surface area contributed by atoms with Gasteiger partial charge in [0.2, 0.25) is 0 Å². The number of urea groups is 1. The van der Waals surface area contributed by atoms with E-state index in [0.29, 0.717) is 0 Å². The van der Waals surface area contributed by atoms with Gasteiger partial charge in [-0.15, -0.1) is 0 Å². The van der Waals surface area contributed by atoms with Gasteiger partial charge < -0.3 is 16.0 Å². The molecule has 2 amide bonds. The van der Waals surface area contributed by atoms with Gasteiger partial charge >= 0.3 is 12.2 Å². The highest BCUT2D eigenvalue weighted by atomic mass is 19.4. The van der Waals surface area contributed by atoms with Gasteiger partial charge in [0, 0.05) is 19.5 Å². The summed E-state index contributed by atoms with van der Waals surface area (Å²) in [7, 11) is 1.35. The number of nitrogens with zero attached hydrogens (tertiary/aromatic N) is 1. The Morgan fingerprint density at radius 1 is 1.56 bits per heavy atom. The molecular weight excluding hydrogens is 225 g/mol. The van der Waals surface area contributed by atoms with Crippen molar-refractivity contribution in [1.82, 2.24) is 10.2 Å². The molecule has 0 aromatic heterocycles. The van der Waals surface area contributed by atoms with E-state index in [1.54, 1.807) is 12.2 Å². The summed E-state index contributed by atoms with van der Waals surface area (Å²) in [5, 5.41) is 8.73. The Bertz CT molecular complexity index is 266. The number of amidine groups is 1. The quantitative estimate of drug-likeness (QED) is 0.504. The normalized spacial score (nSPS) is 13.1. The second kappa shape index (κ2) is 5.57. The first-order chi connectivity index (χ1) is 7.13. The van der Waals surface area contributed by atoms with Crippen molar-refractivity contribution in [2.24, 2.45) is 5.73 Å². The molecule has 8 heteroatoms. The first kappa shape index (κ1) is 14.5. The summed E-state index contributed by atoms with van der Waals surface area (Å²) in [5.41, 5.74) is 5.12. The molecule has 1 atom stereocenters. The third kappa shape index (κ3) is 6.10. The Morgan fingerprint density at radius 3 is 2.44 bits per heavy atom. The van der Waals surface area contributed by atoms with Gasteiger partial charge in [0.05, 0.1) is 5.84 Å². The second-order valence-corrected chi connectivity index (χ2v) is 3.46. The van der Waals surface area contributed by atoms with E-state index < -0.39 is 24.8 Å². The van der Waals surface area contributed by atoms with Crippen LogP contribution in [0.4, 0.5) is 18.0 Å². The summed E-state index contributed by atoms with van der Waals surface area (Å²) >= 11 is 0. The number of nitrogens with one attached hydrogen (secondary N) is 2.